The van der Waals surface area contributed by atoms with Gasteiger partial charge in [0.25, 0.3) is 0 Å². The molecule has 0 aromatic carbocycles. The summed E-state index contributed by atoms with van der Waals surface area (Å²) >= 11 is 0. The first-order valence-corrected chi connectivity index (χ1v) is 13.3. The van der Waals surface area contributed by atoms with Gasteiger partial charge in [-0.3, -0.25) is 9.20 Å². The fourth-order valence-corrected chi connectivity index (χ4v) is 5.82. The number of hydrogen-bond acceptors (Lipinski definition) is 7. The zero-order valence-corrected chi connectivity index (χ0v) is 21.1. The van der Waals surface area contributed by atoms with E-state index in [0.717, 1.165) is 0 Å². The summed E-state index contributed by atoms with van der Waals surface area (Å²) < 4.78 is 57.4. The van der Waals surface area contributed by atoms with Crippen LogP contribution in [0.25, 0.3) is 16.9 Å². The SMILES string of the molecule is CC(C)C(=O)N1CCN(c2cc(S(=O)(=O)NC3(C#N)CC3)cn3c(-c4cnn(C(F)F)c4)cnc23)CC1. The number of halogens is 2. The summed E-state index contributed by atoms with van der Waals surface area (Å²) in [5.41, 5.74) is 0.560. The summed E-state index contributed by atoms with van der Waals surface area (Å²) in [5, 5.41) is 13.1. The normalized spacial score (nSPS) is 17.5. The highest BCUT2D eigenvalue weighted by atomic mass is 32.2. The van der Waals surface area contributed by atoms with Crippen molar-refractivity contribution in [3.8, 4) is 17.3 Å². The maximum Gasteiger partial charge on any atom is 0.333 e. The van der Waals surface area contributed by atoms with E-state index in [4.69, 9.17) is 0 Å². The van der Waals surface area contributed by atoms with Gasteiger partial charge in [0.2, 0.25) is 15.9 Å². The molecule has 3 aromatic heterocycles. The van der Waals surface area contributed by atoms with Crippen molar-refractivity contribution in [3.63, 3.8) is 0 Å². The van der Waals surface area contributed by atoms with Crippen molar-refractivity contribution in [1.82, 2.24) is 28.8 Å². The second-order valence-electron chi connectivity index (χ2n) is 9.65. The third-order valence-corrected chi connectivity index (χ3v) is 8.19. The molecule has 4 heterocycles. The number of nitriles is 1. The number of carbonyl (C=O) groups is 1. The number of anilines is 1. The summed E-state index contributed by atoms with van der Waals surface area (Å²) in [6.07, 6.45) is 6.12. The van der Waals surface area contributed by atoms with E-state index in [1.54, 1.807) is 4.90 Å². The van der Waals surface area contributed by atoms with Gasteiger partial charge in [-0.15, -0.1) is 0 Å². The van der Waals surface area contributed by atoms with Crippen LogP contribution in [0.1, 0.15) is 33.2 Å². The largest absolute Gasteiger partial charge is 0.365 e. The predicted octanol–water partition coefficient (Wildman–Crippen LogP) is 2.23. The summed E-state index contributed by atoms with van der Waals surface area (Å²) in [6.45, 7) is 2.70. The molecule has 37 heavy (non-hydrogen) atoms. The van der Waals surface area contributed by atoms with E-state index >= 15 is 0 Å². The van der Waals surface area contributed by atoms with Crippen molar-refractivity contribution in [2.45, 2.75) is 43.7 Å². The van der Waals surface area contributed by atoms with Crippen LogP contribution in [0.2, 0.25) is 0 Å². The Labute approximate surface area is 212 Å². The molecular weight excluding hydrogens is 506 g/mol. The number of pyridine rings is 1. The first-order valence-electron chi connectivity index (χ1n) is 11.9. The molecule has 11 nitrogen and oxygen atoms in total. The van der Waals surface area contributed by atoms with Crippen molar-refractivity contribution >= 4 is 27.3 Å². The molecule has 5 rings (SSSR count). The molecule has 1 saturated carbocycles. The number of nitrogens with zero attached hydrogens (tertiary/aromatic N) is 7. The van der Waals surface area contributed by atoms with Crippen molar-refractivity contribution in [2.24, 2.45) is 5.92 Å². The van der Waals surface area contributed by atoms with E-state index in [2.05, 4.69) is 14.8 Å². The minimum atomic E-state index is -4.09. The van der Waals surface area contributed by atoms with Gasteiger partial charge in [0.15, 0.2) is 5.65 Å². The van der Waals surface area contributed by atoms with E-state index in [-0.39, 0.29) is 16.7 Å². The van der Waals surface area contributed by atoms with Crippen LogP contribution < -0.4 is 9.62 Å². The molecule has 196 valence electrons. The highest BCUT2D eigenvalue weighted by Crippen LogP contribution is 2.37. The van der Waals surface area contributed by atoms with Crippen LogP contribution in [0, 0.1) is 17.2 Å². The summed E-state index contributed by atoms with van der Waals surface area (Å²) in [6, 6.07) is 3.53. The lowest BCUT2D eigenvalue weighted by atomic mass is 10.1. The highest BCUT2D eigenvalue weighted by Gasteiger charge is 2.47. The maximum atomic E-state index is 13.3. The van der Waals surface area contributed by atoms with E-state index in [1.807, 2.05) is 24.8 Å². The van der Waals surface area contributed by atoms with Gasteiger partial charge in [0, 0.05) is 50.1 Å². The van der Waals surface area contributed by atoms with Gasteiger partial charge >= 0.3 is 6.55 Å². The summed E-state index contributed by atoms with van der Waals surface area (Å²) in [4.78, 5) is 20.6. The van der Waals surface area contributed by atoms with Gasteiger partial charge in [-0.25, -0.2) is 18.1 Å². The second-order valence-corrected chi connectivity index (χ2v) is 11.3. The lowest BCUT2D eigenvalue weighted by Gasteiger charge is -2.37. The average molecular weight is 533 g/mol. The fourth-order valence-electron chi connectivity index (χ4n) is 4.43. The number of alkyl halides is 2. The molecule has 1 amide bonds. The number of sulfonamides is 1. The molecule has 2 aliphatic rings. The molecule has 1 aliphatic heterocycles. The Kier molecular flexibility index (Phi) is 6.15. The Balaban J connectivity index is 1.57. The number of imidazole rings is 1. The van der Waals surface area contributed by atoms with Gasteiger partial charge in [-0.05, 0) is 18.9 Å². The van der Waals surface area contributed by atoms with Crippen LogP contribution in [0.15, 0.2) is 35.7 Å². The van der Waals surface area contributed by atoms with Crippen molar-refractivity contribution < 1.29 is 22.0 Å². The standard InChI is InChI=1S/C23H26F2N8O3S/c1-15(2)21(34)31-7-5-30(6-8-31)18-9-17(37(35,36)29-23(14-26)3-4-23)13-32-19(11-27-20(18)32)16-10-28-33(12-16)22(24)25/h9-13,15,22,29H,3-8H2,1-2H3. The Morgan fingerprint density at radius 3 is 2.43 bits per heavy atom. The number of rotatable bonds is 7. The number of fused-ring (bicyclic) bond motifs is 1. The Morgan fingerprint density at radius 1 is 1.16 bits per heavy atom. The smallest absolute Gasteiger partial charge is 0.333 e. The molecule has 0 atom stereocenters. The zero-order chi connectivity index (χ0) is 26.5. The highest BCUT2D eigenvalue weighted by molar-refractivity contribution is 7.89. The zero-order valence-electron chi connectivity index (χ0n) is 20.3. The molecular formula is C23H26F2N8O3S. The van der Waals surface area contributed by atoms with Gasteiger partial charge < -0.3 is 9.80 Å². The number of hydrogen-bond donors (Lipinski definition) is 1. The molecule has 1 aliphatic carbocycles. The minimum absolute atomic E-state index is 0.0516. The van der Waals surface area contributed by atoms with Gasteiger partial charge in [-0.1, -0.05) is 13.8 Å². The van der Waals surface area contributed by atoms with Crippen molar-refractivity contribution in [1.29, 1.82) is 5.26 Å². The molecule has 0 unspecified atom stereocenters. The van der Waals surface area contributed by atoms with E-state index in [9.17, 15) is 27.3 Å². The number of amides is 1. The first kappa shape index (κ1) is 25.1. The van der Waals surface area contributed by atoms with E-state index in [1.165, 1.54) is 35.3 Å². The third-order valence-electron chi connectivity index (χ3n) is 6.69. The molecule has 0 bridgehead atoms. The van der Waals surface area contributed by atoms with Crippen LogP contribution in [-0.2, 0) is 14.8 Å². The Morgan fingerprint density at radius 2 is 1.86 bits per heavy atom. The van der Waals surface area contributed by atoms with Crippen molar-refractivity contribution in [2.75, 3.05) is 31.1 Å². The minimum Gasteiger partial charge on any atom is -0.365 e. The molecule has 1 N–H and O–H groups in total. The molecule has 3 aromatic rings. The van der Waals surface area contributed by atoms with Gasteiger partial charge in [0.1, 0.15) is 10.4 Å². The lowest BCUT2D eigenvalue weighted by Crippen LogP contribution is -2.50. The van der Waals surface area contributed by atoms with Crippen LogP contribution in [0.3, 0.4) is 0 Å². The van der Waals surface area contributed by atoms with Crippen LogP contribution in [-0.4, -0.2) is 70.1 Å². The molecule has 2 fully saturated rings. The average Bonchev–Trinajstić information content (AvgIpc) is 3.26. The summed E-state index contributed by atoms with van der Waals surface area (Å²) in [7, 11) is -4.09. The predicted molar refractivity (Wildman–Crippen MR) is 129 cm³/mol. The Bertz CT molecular complexity index is 1500. The summed E-state index contributed by atoms with van der Waals surface area (Å²) in [5.74, 6) is -0.0765. The van der Waals surface area contributed by atoms with Crippen LogP contribution >= 0.6 is 0 Å². The van der Waals surface area contributed by atoms with E-state index in [0.29, 0.717) is 66.3 Å². The Hall–Kier alpha value is -3.57. The first-order chi connectivity index (χ1) is 17.5. The topological polar surface area (TPSA) is 129 Å². The van der Waals surface area contributed by atoms with Crippen LogP contribution in [0.4, 0.5) is 14.5 Å². The number of nitrogens with one attached hydrogen (secondary N) is 1. The molecule has 0 spiro atoms. The number of aromatic nitrogens is 4. The molecule has 14 heteroatoms. The van der Waals surface area contributed by atoms with Crippen molar-refractivity contribution in [3.05, 3.63) is 30.9 Å². The maximum absolute atomic E-state index is 13.3. The van der Waals surface area contributed by atoms with Crippen LogP contribution in [0.5, 0.6) is 0 Å². The molecule has 0 radical (unpaired) electrons. The quantitative estimate of drug-likeness (QED) is 0.494. The number of carbonyl (C=O) groups excluding carboxylic acids is 1. The van der Waals surface area contributed by atoms with Gasteiger partial charge in [-0.2, -0.15) is 23.9 Å². The molecule has 1 saturated heterocycles. The van der Waals surface area contributed by atoms with Gasteiger partial charge in [0.05, 0.1) is 29.8 Å². The number of piperazine rings is 1. The fraction of sp³-hybridized carbons (Fsp3) is 0.478. The van der Waals surface area contributed by atoms with E-state index < -0.39 is 22.1 Å². The third kappa shape index (κ3) is 4.64. The lowest BCUT2D eigenvalue weighted by molar-refractivity contribution is -0.134. The second kappa shape index (κ2) is 9.07. The monoisotopic (exact) mass is 532 g/mol.